The number of rotatable bonds is 9. The molecule has 30 heavy (non-hydrogen) atoms. The van der Waals surface area contributed by atoms with Crippen molar-refractivity contribution in [3.05, 3.63) is 59.2 Å². The van der Waals surface area contributed by atoms with E-state index in [0.29, 0.717) is 29.4 Å². The SMILES string of the molecule is CCOC(=O)c1c2ccc(Cl)cc2c(-c2ccccc2)n1CCCC(C)NC(C)C. The van der Waals surface area contributed by atoms with Crippen LogP contribution >= 0.6 is 11.6 Å². The van der Waals surface area contributed by atoms with E-state index in [0.717, 1.165) is 41.4 Å². The van der Waals surface area contributed by atoms with Crippen LogP contribution in [0.15, 0.2) is 48.5 Å². The highest BCUT2D eigenvalue weighted by Gasteiger charge is 2.24. The molecule has 0 aliphatic rings. The number of hydrogen-bond donors (Lipinski definition) is 1. The van der Waals surface area contributed by atoms with Crippen LogP contribution in [0.25, 0.3) is 22.0 Å². The highest BCUT2D eigenvalue weighted by atomic mass is 35.5. The Labute approximate surface area is 184 Å². The summed E-state index contributed by atoms with van der Waals surface area (Å²) in [6.07, 6.45) is 1.96. The van der Waals surface area contributed by atoms with Gasteiger partial charge in [-0.25, -0.2) is 4.79 Å². The summed E-state index contributed by atoms with van der Waals surface area (Å²) in [7, 11) is 0. The smallest absolute Gasteiger partial charge is 0.355 e. The molecule has 0 aliphatic carbocycles. The highest BCUT2D eigenvalue weighted by molar-refractivity contribution is 6.31. The van der Waals surface area contributed by atoms with Crippen LogP contribution in [0, 0.1) is 0 Å². The Hall–Kier alpha value is -2.30. The van der Waals surface area contributed by atoms with Gasteiger partial charge in [0.05, 0.1) is 12.3 Å². The van der Waals surface area contributed by atoms with E-state index < -0.39 is 0 Å². The minimum absolute atomic E-state index is 0.291. The predicted octanol–water partition coefficient (Wildman–Crippen LogP) is 6.31. The number of ether oxygens (including phenoxy) is 1. The summed E-state index contributed by atoms with van der Waals surface area (Å²) in [6, 6.07) is 16.7. The second-order valence-electron chi connectivity index (χ2n) is 7.99. The Balaban J connectivity index is 2.09. The number of carbonyl (C=O) groups excluding carboxylic acids is 1. The summed E-state index contributed by atoms with van der Waals surface area (Å²) >= 11 is 6.34. The zero-order valence-corrected chi connectivity index (χ0v) is 19.0. The quantitative estimate of drug-likeness (QED) is 0.408. The molecular formula is C25H31ClN2O2. The fourth-order valence-electron chi connectivity index (χ4n) is 4.08. The van der Waals surface area contributed by atoms with Gasteiger partial charge in [0.1, 0.15) is 5.69 Å². The third-order valence-corrected chi connectivity index (χ3v) is 5.42. The van der Waals surface area contributed by atoms with E-state index in [9.17, 15) is 4.79 Å². The number of benzene rings is 2. The number of nitrogens with zero attached hydrogens (tertiary/aromatic N) is 1. The molecule has 5 heteroatoms. The van der Waals surface area contributed by atoms with Crippen molar-refractivity contribution in [3.8, 4) is 11.3 Å². The van der Waals surface area contributed by atoms with Gasteiger partial charge in [-0.1, -0.05) is 61.8 Å². The van der Waals surface area contributed by atoms with Gasteiger partial charge in [0, 0.05) is 34.4 Å². The van der Waals surface area contributed by atoms with Crippen molar-refractivity contribution in [3.63, 3.8) is 0 Å². The van der Waals surface area contributed by atoms with E-state index in [-0.39, 0.29) is 5.97 Å². The van der Waals surface area contributed by atoms with E-state index in [4.69, 9.17) is 16.3 Å². The minimum Gasteiger partial charge on any atom is -0.461 e. The second kappa shape index (κ2) is 10.1. The standard InChI is InChI=1S/C25H31ClN2O2/c1-5-30-25(29)24-21-14-13-20(26)16-22(21)23(19-11-7-6-8-12-19)28(24)15-9-10-18(4)27-17(2)3/h6-8,11-14,16-18,27H,5,9-10,15H2,1-4H3. The van der Waals surface area contributed by atoms with Crippen LogP contribution in [0.4, 0.5) is 0 Å². The van der Waals surface area contributed by atoms with Gasteiger partial charge in [-0.2, -0.15) is 0 Å². The number of fused-ring (bicyclic) bond motifs is 1. The van der Waals surface area contributed by atoms with Crippen molar-refractivity contribution < 1.29 is 9.53 Å². The Morgan fingerprint density at radius 1 is 1.10 bits per heavy atom. The maximum atomic E-state index is 13.0. The van der Waals surface area contributed by atoms with Crippen molar-refractivity contribution in [2.45, 2.75) is 59.2 Å². The van der Waals surface area contributed by atoms with Crippen LogP contribution in [0.1, 0.15) is 51.0 Å². The Morgan fingerprint density at radius 3 is 2.50 bits per heavy atom. The number of carbonyl (C=O) groups is 1. The van der Waals surface area contributed by atoms with Gasteiger partial charge >= 0.3 is 5.97 Å². The lowest BCUT2D eigenvalue weighted by Crippen LogP contribution is -2.32. The lowest BCUT2D eigenvalue weighted by Gasteiger charge is -2.18. The van der Waals surface area contributed by atoms with Crippen molar-refractivity contribution >= 4 is 28.3 Å². The number of hydrogen-bond acceptors (Lipinski definition) is 3. The van der Waals surface area contributed by atoms with Gasteiger partial charge in [-0.15, -0.1) is 0 Å². The summed E-state index contributed by atoms with van der Waals surface area (Å²) < 4.78 is 7.55. The van der Waals surface area contributed by atoms with Gasteiger partial charge in [0.25, 0.3) is 0 Å². The first kappa shape index (κ1) is 22.4. The zero-order chi connectivity index (χ0) is 21.7. The summed E-state index contributed by atoms with van der Waals surface area (Å²) in [6.45, 7) is 9.43. The molecule has 4 nitrogen and oxygen atoms in total. The van der Waals surface area contributed by atoms with Crippen LogP contribution in [-0.2, 0) is 11.3 Å². The largest absolute Gasteiger partial charge is 0.461 e. The summed E-state index contributed by atoms with van der Waals surface area (Å²) in [5.74, 6) is -0.291. The van der Waals surface area contributed by atoms with E-state index in [2.05, 4.69) is 42.8 Å². The maximum Gasteiger partial charge on any atom is 0.355 e. The number of halogens is 1. The number of aromatic nitrogens is 1. The van der Waals surface area contributed by atoms with Crippen LogP contribution in [0.2, 0.25) is 5.02 Å². The zero-order valence-electron chi connectivity index (χ0n) is 18.2. The first-order valence-corrected chi connectivity index (χ1v) is 11.1. The first-order valence-electron chi connectivity index (χ1n) is 10.7. The third kappa shape index (κ3) is 5.05. The van der Waals surface area contributed by atoms with Gasteiger partial charge in [-0.05, 0) is 44.4 Å². The molecule has 1 unspecified atom stereocenters. The third-order valence-electron chi connectivity index (χ3n) is 5.18. The van der Waals surface area contributed by atoms with E-state index in [1.54, 1.807) is 0 Å². The molecule has 1 heterocycles. The van der Waals surface area contributed by atoms with E-state index in [1.807, 2.05) is 43.3 Å². The molecule has 3 rings (SSSR count). The van der Waals surface area contributed by atoms with Crippen LogP contribution < -0.4 is 5.32 Å². The normalized spacial score (nSPS) is 12.5. The van der Waals surface area contributed by atoms with Gasteiger partial charge < -0.3 is 14.6 Å². The first-order chi connectivity index (χ1) is 14.4. The van der Waals surface area contributed by atoms with Gasteiger partial charge in [0.2, 0.25) is 0 Å². The molecule has 1 atom stereocenters. The number of esters is 1. The van der Waals surface area contributed by atoms with Gasteiger partial charge in [-0.3, -0.25) is 0 Å². The van der Waals surface area contributed by atoms with Crippen molar-refractivity contribution in [2.24, 2.45) is 0 Å². The average molecular weight is 427 g/mol. The molecule has 3 aromatic rings. The second-order valence-corrected chi connectivity index (χ2v) is 8.43. The topological polar surface area (TPSA) is 43.3 Å². The summed E-state index contributed by atoms with van der Waals surface area (Å²) in [5.41, 5.74) is 2.68. The maximum absolute atomic E-state index is 13.0. The lowest BCUT2D eigenvalue weighted by molar-refractivity contribution is 0.0516. The molecule has 0 spiro atoms. The Morgan fingerprint density at radius 2 is 1.83 bits per heavy atom. The van der Waals surface area contributed by atoms with Crippen molar-refractivity contribution in [2.75, 3.05) is 6.61 Å². The van der Waals surface area contributed by atoms with E-state index >= 15 is 0 Å². The summed E-state index contributed by atoms with van der Waals surface area (Å²) in [4.78, 5) is 13.0. The Bertz CT molecular complexity index is 995. The van der Waals surface area contributed by atoms with Crippen molar-refractivity contribution in [1.82, 2.24) is 9.88 Å². The molecule has 0 amide bonds. The molecule has 0 saturated carbocycles. The van der Waals surface area contributed by atoms with E-state index in [1.165, 1.54) is 0 Å². The highest BCUT2D eigenvalue weighted by Crippen LogP contribution is 2.36. The molecular weight excluding hydrogens is 396 g/mol. The molecule has 0 fully saturated rings. The fourth-order valence-corrected chi connectivity index (χ4v) is 4.25. The summed E-state index contributed by atoms with van der Waals surface area (Å²) in [5, 5.41) is 6.06. The molecule has 0 saturated heterocycles. The van der Waals surface area contributed by atoms with Crippen LogP contribution in [0.5, 0.6) is 0 Å². The molecule has 160 valence electrons. The lowest BCUT2D eigenvalue weighted by atomic mass is 10.1. The molecule has 0 bridgehead atoms. The molecule has 2 aromatic carbocycles. The molecule has 0 aliphatic heterocycles. The van der Waals surface area contributed by atoms with Gasteiger partial charge in [0.15, 0.2) is 0 Å². The van der Waals surface area contributed by atoms with Crippen LogP contribution in [0.3, 0.4) is 0 Å². The molecule has 0 radical (unpaired) electrons. The monoisotopic (exact) mass is 426 g/mol. The fraction of sp³-hybridized carbons (Fsp3) is 0.400. The van der Waals surface area contributed by atoms with Crippen LogP contribution in [-0.4, -0.2) is 29.2 Å². The molecule has 1 N–H and O–H groups in total. The minimum atomic E-state index is -0.291. The Kier molecular flexibility index (Phi) is 7.57. The predicted molar refractivity (Wildman–Crippen MR) is 125 cm³/mol. The number of nitrogens with one attached hydrogen (secondary N) is 1. The molecule has 1 aromatic heterocycles. The van der Waals surface area contributed by atoms with Crippen molar-refractivity contribution in [1.29, 1.82) is 0 Å². The average Bonchev–Trinajstić information content (AvgIpc) is 3.01.